The quantitative estimate of drug-likeness (QED) is 0.700. The van der Waals surface area contributed by atoms with Crippen LogP contribution in [0.15, 0.2) is 29.3 Å². The number of methoxy groups -OCH3 is 1. The molecule has 3 rings (SSSR count). The molecule has 1 aromatic rings. The van der Waals surface area contributed by atoms with Crippen LogP contribution >= 0.6 is 0 Å². The molecular formula is C23H34O2. The first-order chi connectivity index (χ1) is 11.7. The normalized spacial score (nSPS) is 30.0. The van der Waals surface area contributed by atoms with Crippen molar-refractivity contribution >= 4 is 0 Å². The van der Waals surface area contributed by atoms with Crippen LogP contribution in [-0.4, -0.2) is 12.2 Å². The number of benzene rings is 1. The molecular weight excluding hydrogens is 308 g/mol. The Kier molecular flexibility index (Phi) is 5.03. The Labute approximate surface area is 153 Å². The summed E-state index contributed by atoms with van der Waals surface area (Å²) in [5, 5.41) is 11.4. The van der Waals surface area contributed by atoms with Gasteiger partial charge in [-0.25, -0.2) is 0 Å². The fraction of sp³-hybridized carbons (Fsp3) is 0.652. The third-order valence-corrected chi connectivity index (χ3v) is 6.90. The molecule has 0 heterocycles. The van der Waals surface area contributed by atoms with Crippen molar-refractivity contribution in [3.63, 3.8) is 0 Å². The van der Waals surface area contributed by atoms with E-state index in [4.69, 9.17) is 4.74 Å². The van der Waals surface area contributed by atoms with Gasteiger partial charge in [0.15, 0.2) is 0 Å². The zero-order valence-electron chi connectivity index (χ0n) is 16.7. The standard InChI is InChI=1S/C23H34O2/c1-14-11-17(13-18(12-14)25-6)22(24)21-15(2)7-8-19-20(21)16(3)9-10-23(19,4)5/h11-13,16,19-20,22,24H,7-10H2,1-6H3/t16-,19-,20-,22?/m0/s1. The minimum atomic E-state index is -0.516. The molecule has 0 radical (unpaired) electrons. The van der Waals surface area contributed by atoms with E-state index in [1.807, 2.05) is 12.1 Å². The molecule has 1 aromatic carbocycles. The number of aryl methyl sites for hydroxylation is 1. The smallest absolute Gasteiger partial charge is 0.119 e. The molecule has 0 saturated heterocycles. The van der Waals surface area contributed by atoms with Crippen LogP contribution in [0.2, 0.25) is 0 Å². The minimum Gasteiger partial charge on any atom is -0.497 e. The molecule has 1 N–H and O–H groups in total. The van der Waals surface area contributed by atoms with Crippen molar-refractivity contribution in [3.05, 3.63) is 40.5 Å². The molecule has 1 saturated carbocycles. The maximum Gasteiger partial charge on any atom is 0.119 e. The van der Waals surface area contributed by atoms with Crippen LogP contribution < -0.4 is 4.74 Å². The monoisotopic (exact) mass is 342 g/mol. The van der Waals surface area contributed by atoms with Gasteiger partial charge in [-0.3, -0.25) is 0 Å². The Bertz CT molecular complexity index is 671. The number of rotatable bonds is 3. The van der Waals surface area contributed by atoms with Gasteiger partial charge < -0.3 is 9.84 Å². The summed E-state index contributed by atoms with van der Waals surface area (Å²) < 4.78 is 5.43. The molecule has 0 bridgehead atoms. The first-order valence-corrected chi connectivity index (χ1v) is 9.77. The summed E-state index contributed by atoms with van der Waals surface area (Å²) in [6.07, 6.45) is 4.43. The van der Waals surface area contributed by atoms with Crippen LogP contribution in [-0.2, 0) is 0 Å². The maximum absolute atomic E-state index is 11.4. The van der Waals surface area contributed by atoms with Gasteiger partial charge in [-0.05, 0) is 91.5 Å². The van der Waals surface area contributed by atoms with Crippen molar-refractivity contribution in [2.45, 2.75) is 66.4 Å². The number of hydrogen-bond donors (Lipinski definition) is 1. The zero-order chi connectivity index (χ0) is 18.4. The molecule has 2 nitrogen and oxygen atoms in total. The topological polar surface area (TPSA) is 29.5 Å². The fourth-order valence-corrected chi connectivity index (χ4v) is 5.39. The number of ether oxygens (including phenoxy) is 1. The minimum absolute atomic E-state index is 0.368. The van der Waals surface area contributed by atoms with Gasteiger partial charge in [0.1, 0.15) is 11.9 Å². The molecule has 1 fully saturated rings. The number of allylic oxidation sites excluding steroid dienone is 1. The van der Waals surface area contributed by atoms with Crippen molar-refractivity contribution in [1.29, 1.82) is 0 Å². The number of aliphatic hydroxyl groups excluding tert-OH is 1. The summed E-state index contributed by atoms with van der Waals surface area (Å²) in [5.74, 6) is 2.65. The van der Waals surface area contributed by atoms with Crippen LogP contribution in [0.25, 0.3) is 0 Å². The Morgan fingerprint density at radius 1 is 1.16 bits per heavy atom. The van der Waals surface area contributed by atoms with Crippen LogP contribution in [0.1, 0.15) is 70.6 Å². The molecule has 0 spiro atoms. The molecule has 0 aromatic heterocycles. The summed E-state index contributed by atoms with van der Waals surface area (Å²) in [6, 6.07) is 6.13. The van der Waals surface area contributed by atoms with Crippen molar-refractivity contribution < 1.29 is 9.84 Å². The van der Waals surface area contributed by atoms with Crippen molar-refractivity contribution in [2.75, 3.05) is 7.11 Å². The molecule has 0 aliphatic heterocycles. The fourth-order valence-electron chi connectivity index (χ4n) is 5.39. The second kappa shape index (κ2) is 6.79. The SMILES string of the molecule is COc1cc(C)cc(C(O)C2=C(C)CC[C@H]3[C@@H]2[C@@H](C)CCC3(C)C)c1. The molecule has 2 aliphatic carbocycles. The molecule has 25 heavy (non-hydrogen) atoms. The number of hydrogen-bond acceptors (Lipinski definition) is 2. The van der Waals surface area contributed by atoms with Gasteiger partial charge in [0, 0.05) is 0 Å². The maximum atomic E-state index is 11.4. The largest absolute Gasteiger partial charge is 0.497 e. The highest BCUT2D eigenvalue weighted by atomic mass is 16.5. The van der Waals surface area contributed by atoms with E-state index in [0.717, 1.165) is 23.3 Å². The molecule has 138 valence electrons. The predicted octanol–water partition coefficient (Wildman–Crippen LogP) is 5.84. The highest BCUT2D eigenvalue weighted by Crippen LogP contribution is 2.56. The van der Waals surface area contributed by atoms with E-state index >= 15 is 0 Å². The lowest BCUT2D eigenvalue weighted by Crippen LogP contribution is -2.43. The second-order valence-corrected chi connectivity index (χ2v) is 9.10. The Balaban J connectivity index is 2.03. The van der Waals surface area contributed by atoms with E-state index in [0.29, 0.717) is 23.2 Å². The lowest BCUT2D eigenvalue weighted by Gasteiger charge is -2.52. The summed E-state index contributed by atoms with van der Waals surface area (Å²) >= 11 is 0. The first kappa shape index (κ1) is 18.5. The number of fused-ring (bicyclic) bond motifs is 1. The molecule has 2 aliphatic rings. The van der Waals surface area contributed by atoms with Gasteiger partial charge in [-0.1, -0.05) is 32.4 Å². The Morgan fingerprint density at radius 2 is 1.88 bits per heavy atom. The molecule has 2 heteroatoms. The van der Waals surface area contributed by atoms with E-state index in [2.05, 4.69) is 40.7 Å². The van der Waals surface area contributed by atoms with E-state index in [-0.39, 0.29) is 0 Å². The average molecular weight is 343 g/mol. The third-order valence-electron chi connectivity index (χ3n) is 6.90. The first-order valence-electron chi connectivity index (χ1n) is 9.77. The number of aliphatic hydroxyl groups is 1. The van der Waals surface area contributed by atoms with Gasteiger partial charge >= 0.3 is 0 Å². The second-order valence-electron chi connectivity index (χ2n) is 9.10. The van der Waals surface area contributed by atoms with Crippen molar-refractivity contribution in [1.82, 2.24) is 0 Å². The van der Waals surface area contributed by atoms with E-state index < -0.39 is 6.10 Å². The van der Waals surface area contributed by atoms with Crippen molar-refractivity contribution in [3.8, 4) is 5.75 Å². The summed E-state index contributed by atoms with van der Waals surface area (Å²) in [4.78, 5) is 0. The molecule has 1 unspecified atom stereocenters. The highest BCUT2D eigenvalue weighted by Gasteiger charge is 2.47. The van der Waals surface area contributed by atoms with E-state index in [9.17, 15) is 5.11 Å². The molecule has 0 amide bonds. The van der Waals surface area contributed by atoms with Gasteiger partial charge in [0.2, 0.25) is 0 Å². The van der Waals surface area contributed by atoms with Gasteiger partial charge in [-0.15, -0.1) is 0 Å². The van der Waals surface area contributed by atoms with Crippen LogP contribution in [0.4, 0.5) is 0 Å². The lowest BCUT2D eigenvalue weighted by molar-refractivity contribution is 0.0252. The zero-order valence-corrected chi connectivity index (χ0v) is 16.7. The lowest BCUT2D eigenvalue weighted by atomic mass is 9.53. The predicted molar refractivity (Wildman–Crippen MR) is 104 cm³/mol. The summed E-state index contributed by atoms with van der Waals surface area (Å²) in [5.41, 5.74) is 5.18. The van der Waals surface area contributed by atoms with Gasteiger partial charge in [-0.2, -0.15) is 0 Å². The van der Waals surface area contributed by atoms with E-state index in [1.54, 1.807) is 7.11 Å². The summed E-state index contributed by atoms with van der Waals surface area (Å²) in [7, 11) is 1.69. The van der Waals surface area contributed by atoms with E-state index in [1.165, 1.54) is 30.4 Å². The van der Waals surface area contributed by atoms with Crippen molar-refractivity contribution in [2.24, 2.45) is 23.2 Å². The van der Waals surface area contributed by atoms with Gasteiger partial charge in [0.25, 0.3) is 0 Å². The van der Waals surface area contributed by atoms with Crippen LogP contribution in [0, 0.1) is 30.1 Å². The van der Waals surface area contributed by atoms with Gasteiger partial charge in [0.05, 0.1) is 7.11 Å². The third kappa shape index (κ3) is 3.38. The average Bonchev–Trinajstić information content (AvgIpc) is 2.57. The Morgan fingerprint density at radius 3 is 2.56 bits per heavy atom. The highest BCUT2D eigenvalue weighted by molar-refractivity contribution is 5.40. The van der Waals surface area contributed by atoms with Crippen LogP contribution in [0.3, 0.4) is 0 Å². The molecule has 4 atom stereocenters. The summed E-state index contributed by atoms with van der Waals surface area (Å²) in [6.45, 7) is 11.5. The Hall–Kier alpha value is -1.28. The van der Waals surface area contributed by atoms with Crippen LogP contribution in [0.5, 0.6) is 5.75 Å².